The minimum absolute atomic E-state index is 0.0225. The van der Waals surface area contributed by atoms with Gasteiger partial charge in [0.15, 0.2) is 0 Å². The number of hydrogen-bond donors (Lipinski definition) is 0. The number of benzene rings is 2. The van der Waals surface area contributed by atoms with Crippen molar-refractivity contribution >= 4 is 38.9 Å². The number of nitro groups is 1. The predicted octanol–water partition coefficient (Wildman–Crippen LogP) is 3.16. The van der Waals surface area contributed by atoms with Crippen molar-refractivity contribution in [1.82, 2.24) is 4.90 Å². The molecular weight excluding hydrogens is 480 g/mol. The van der Waals surface area contributed by atoms with Gasteiger partial charge in [-0.15, -0.1) is 0 Å². The van der Waals surface area contributed by atoms with Gasteiger partial charge in [0.2, 0.25) is 0 Å². The molecule has 2 saturated heterocycles. The fourth-order valence-corrected chi connectivity index (χ4v) is 4.61. The average Bonchev–Trinajstić information content (AvgIpc) is 2.83. The van der Waals surface area contributed by atoms with E-state index in [2.05, 4.69) is 20.8 Å². The van der Waals surface area contributed by atoms with Crippen LogP contribution in [0, 0.1) is 10.1 Å². The number of rotatable bonds is 5. The van der Waals surface area contributed by atoms with E-state index in [1.807, 2.05) is 15.9 Å². The summed E-state index contributed by atoms with van der Waals surface area (Å²) >= 11 is 3.43. The van der Waals surface area contributed by atoms with Crippen molar-refractivity contribution in [3.05, 3.63) is 56.5 Å². The number of anilines is 2. The van der Waals surface area contributed by atoms with E-state index < -0.39 is 0 Å². The molecule has 4 rings (SSSR count). The number of nitrogens with zero attached hydrogens (tertiary/aromatic N) is 4. The molecule has 2 fully saturated rings. The van der Waals surface area contributed by atoms with E-state index in [9.17, 15) is 14.9 Å². The number of carbonyl (C=O) groups excluding carboxylic acids is 1. The maximum Gasteiger partial charge on any atom is 0.292 e. The Bertz CT molecular complexity index is 1000. The summed E-state index contributed by atoms with van der Waals surface area (Å²) in [5.41, 5.74) is 2.26. The smallest absolute Gasteiger partial charge is 0.292 e. The lowest BCUT2D eigenvalue weighted by molar-refractivity contribution is -0.384. The first kappa shape index (κ1) is 22.3. The summed E-state index contributed by atoms with van der Waals surface area (Å²) < 4.78 is 11.4. The van der Waals surface area contributed by atoms with Crippen LogP contribution < -0.4 is 14.5 Å². The lowest BCUT2D eigenvalue weighted by Gasteiger charge is -2.37. The molecule has 2 aromatic rings. The SMILES string of the molecule is COc1ccc(C(=O)N2CCN(c3ccc([N+](=O)[O-])c(N4CCOCC4)c3)CC2)cc1Br. The zero-order chi connectivity index (χ0) is 22.7. The van der Waals surface area contributed by atoms with Gasteiger partial charge in [-0.1, -0.05) is 0 Å². The minimum Gasteiger partial charge on any atom is -0.496 e. The predicted molar refractivity (Wildman–Crippen MR) is 125 cm³/mol. The fourth-order valence-electron chi connectivity index (χ4n) is 4.07. The molecule has 0 bridgehead atoms. The van der Waals surface area contributed by atoms with Gasteiger partial charge in [-0.25, -0.2) is 0 Å². The number of halogens is 1. The molecule has 9 nitrogen and oxygen atoms in total. The highest BCUT2D eigenvalue weighted by molar-refractivity contribution is 9.10. The molecule has 2 heterocycles. The molecule has 0 N–H and O–H groups in total. The topological polar surface area (TPSA) is 88.4 Å². The summed E-state index contributed by atoms with van der Waals surface area (Å²) in [4.78, 5) is 30.1. The van der Waals surface area contributed by atoms with E-state index >= 15 is 0 Å². The van der Waals surface area contributed by atoms with Gasteiger partial charge in [0.25, 0.3) is 11.6 Å². The number of carbonyl (C=O) groups is 1. The summed E-state index contributed by atoms with van der Waals surface area (Å²) in [6, 6.07) is 10.6. The molecule has 2 aliphatic heterocycles. The lowest BCUT2D eigenvalue weighted by Crippen LogP contribution is -2.48. The first-order valence-electron chi connectivity index (χ1n) is 10.5. The number of piperazine rings is 1. The van der Waals surface area contributed by atoms with Crippen molar-refractivity contribution in [2.75, 3.05) is 69.4 Å². The van der Waals surface area contributed by atoms with E-state index in [4.69, 9.17) is 9.47 Å². The van der Waals surface area contributed by atoms with Crippen LogP contribution in [0.1, 0.15) is 10.4 Å². The minimum atomic E-state index is -0.335. The molecule has 0 spiro atoms. The maximum absolute atomic E-state index is 12.9. The zero-order valence-electron chi connectivity index (χ0n) is 17.8. The second-order valence-corrected chi connectivity index (χ2v) is 8.51. The Morgan fingerprint density at radius 2 is 1.75 bits per heavy atom. The van der Waals surface area contributed by atoms with Crippen LogP contribution >= 0.6 is 15.9 Å². The molecule has 0 radical (unpaired) electrons. The van der Waals surface area contributed by atoms with Crippen molar-refractivity contribution in [1.29, 1.82) is 0 Å². The molecular formula is C22H25BrN4O5. The maximum atomic E-state index is 12.9. The molecule has 2 aliphatic rings. The molecule has 32 heavy (non-hydrogen) atoms. The Morgan fingerprint density at radius 1 is 1.03 bits per heavy atom. The first-order chi connectivity index (χ1) is 15.5. The number of ether oxygens (including phenoxy) is 2. The van der Waals surface area contributed by atoms with Gasteiger partial charge >= 0.3 is 0 Å². The van der Waals surface area contributed by atoms with Gasteiger partial charge in [0, 0.05) is 56.6 Å². The van der Waals surface area contributed by atoms with E-state index in [0.717, 1.165) is 10.2 Å². The summed E-state index contributed by atoms with van der Waals surface area (Å²) in [6.07, 6.45) is 0. The highest BCUT2D eigenvalue weighted by atomic mass is 79.9. The molecule has 0 aromatic heterocycles. The Labute approximate surface area is 194 Å². The molecule has 0 atom stereocenters. The number of morpholine rings is 1. The van der Waals surface area contributed by atoms with Crippen LogP contribution in [0.3, 0.4) is 0 Å². The number of hydrogen-bond acceptors (Lipinski definition) is 7. The van der Waals surface area contributed by atoms with Crippen molar-refractivity contribution < 1.29 is 19.2 Å². The largest absolute Gasteiger partial charge is 0.496 e. The molecule has 0 unspecified atom stereocenters. The molecule has 0 aliphatic carbocycles. The Kier molecular flexibility index (Phi) is 6.80. The highest BCUT2D eigenvalue weighted by Gasteiger charge is 2.26. The first-order valence-corrected chi connectivity index (χ1v) is 11.3. The second kappa shape index (κ2) is 9.74. The monoisotopic (exact) mass is 504 g/mol. The third-order valence-electron chi connectivity index (χ3n) is 5.84. The van der Waals surface area contributed by atoms with Gasteiger partial charge in [-0.05, 0) is 46.3 Å². The fraction of sp³-hybridized carbons (Fsp3) is 0.409. The summed E-state index contributed by atoms with van der Waals surface area (Å²) in [7, 11) is 1.59. The van der Waals surface area contributed by atoms with Crippen LogP contribution in [0.4, 0.5) is 17.1 Å². The highest BCUT2D eigenvalue weighted by Crippen LogP contribution is 2.34. The summed E-state index contributed by atoms with van der Waals surface area (Å²) in [5.74, 6) is 0.659. The van der Waals surface area contributed by atoms with Crippen molar-refractivity contribution in [3.63, 3.8) is 0 Å². The zero-order valence-corrected chi connectivity index (χ0v) is 19.4. The van der Waals surface area contributed by atoms with Crippen LogP contribution in [0.2, 0.25) is 0 Å². The summed E-state index contributed by atoms with van der Waals surface area (Å²) in [5, 5.41) is 11.5. The van der Waals surface area contributed by atoms with Gasteiger partial charge < -0.3 is 24.2 Å². The number of methoxy groups -OCH3 is 1. The molecule has 0 saturated carbocycles. The molecule has 170 valence electrons. The van der Waals surface area contributed by atoms with Gasteiger partial charge in [-0.3, -0.25) is 14.9 Å². The van der Waals surface area contributed by atoms with Crippen LogP contribution in [-0.4, -0.2) is 75.3 Å². The number of nitro benzene ring substituents is 1. The summed E-state index contributed by atoms with van der Waals surface area (Å²) in [6.45, 7) is 4.84. The van der Waals surface area contributed by atoms with Crippen LogP contribution in [0.15, 0.2) is 40.9 Å². The Hall–Kier alpha value is -2.85. The van der Waals surface area contributed by atoms with E-state index in [1.54, 1.807) is 37.4 Å². The Morgan fingerprint density at radius 3 is 2.38 bits per heavy atom. The van der Waals surface area contributed by atoms with E-state index in [1.165, 1.54) is 0 Å². The average molecular weight is 505 g/mol. The molecule has 2 aromatic carbocycles. The van der Waals surface area contributed by atoms with Crippen LogP contribution in [0.25, 0.3) is 0 Å². The Balaban J connectivity index is 1.46. The van der Waals surface area contributed by atoms with Gasteiger partial charge in [0.1, 0.15) is 11.4 Å². The third-order valence-corrected chi connectivity index (χ3v) is 6.46. The van der Waals surface area contributed by atoms with Crippen molar-refractivity contribution in [2.45, 2.75) is 0 Å². The van der Waals surface area contributed by atoms with Gasteiger partial charge in [-0.2, -0.15) is 0 Å². The van der Waals surface area contributed by atoms with Crippen molar-refractivity contribution in [2.24, 2.45) is 0 Å². The third kappa shape index (κ3) is 4.66. The lowest BCUT2D eigenvalue weighted by atomic mass is 10.1. The van der Waals surface area contributed by atoms with Gasteiger partial charge in [0.05, 0.1) is 29.7 Å². The number of amides is 1. The van der Waals surface area contributed by atoms with E-state index in [-0.39, 0.29) is 16.5 Å². The second-order valence-electron chi connectivity index (χ2n) is 7.66. The quantitative estimate of drug-likeness (QED) is 0.456. The van der Waals surface area contributed by atoms with E-state index in [0.29, 0.717) is 69.5 Å². The van der Waals surface area contributed by atoms with Crippen LogP contribution in [0.5, 0.6) is 5.75 Å². The standard InChI is InChI=1S/C22H25BrN4O5/c1-31-21-5-2-16(14-18(21)23)22(28)26-8-6-24(7-9-26)17-3-4-19(27(29)30)20(15-17)25-10-12-32-13-11-25/h2-5,14-15H,6-13H2,1H3. The normalized spacial score (nSPS) is 16.8. The van der Waals surface area contributed by atoms with Crippen LogP contribution in [-0.2, 0) is 4.74 Å². The molecule has 1 amide bonds. The molecule has 10 heteroatoms. The van der Waals surface area contributed by atoms with Crippen molar-refractivity contribution in [3.8, 4) is 5.75 Å².